The van der Waals surface area contributed by atoms with E-state index in [4.69, 9.17) is 5.11 Å². The van der Waals surface area contributed by atoms with Crippen molar-refractivity contribution in [3.05, 3.63) is 29.6 Å². The molecule has 3 nitrogen and oxygen atoms in total. The molecule has 0 saturated heterocycles. The van der Waals surface area contributed by atoms with Crippen molar-refractivity contribution in [3.8, 4) is 0 Å². The number of carboxylic acid groups (broad SMARTS) is 1. The average Bonchev–Trinajstić information content (AvgIpc) is 2.42. The molecule has 0 radical (unpaired) electrons. The zero-order valence-corrected chi connectivity index (χ0v) is 11.2. The van der Waals surface area contributed by atoms with Gasteiger partial charge in [0.15, 0.2) is 0 Å². The first-order chi connectivity index (χ1) is 9.13. The largest absolute Gasteiger partial charge is 0.478 e. The van der Waals surface area contributed by atoms with Crippen LogP contribution in [-0.2, 0) is 0 Å². The van der Waals surface area contributed by atoms with Crippen LogP contribution < -0.4 is 4.90 Å². The van der Waals surface area contributed by atoms with Crippen LogP contribution in [0.15, 0.2) is 18.2 Å². The zero-order valence-electron chi connectivity index (χ0n) is 11.2. The molecule has 1 aliphatic rings. The molecule has 2 rings (SSSR count). The fraction of sp³-hybridized carbons (Fsp3) is 0.533. The van der Waals surface area contributed by atoms with E-state index < -0.39 is 11.8 Å². The summed E-state index contributed by atoms with van der Waals surface area (Å²) in [6.07, 6.45) is 5.82. The van der Waals surface area contributed by atoms with Crippen molar-refractivity contribution in [3.63, 3.8) is 0 Å². The Balaban J connectivity index is 2.24. The summed E-state index contributed by atoms with van der Waals surface area (Å²) >= 11 is 0. The van der Waals surface area contributed by atoms with Crippen LogP contribution in [0.3, 0.4) is 0 Å². The van der Waals surface area contributed by atoms with Crippen LogP contribution in [0.25, 0.3) is 0 Å². The first kappa shape index (κ1) is 13.8. The highest BCUT2D eigenvalue weighted by molar-refractivity contribution is 5.88. The summed E-state index contributed by atoms with van der Waals surface area (Å²) in [4.78, 5) is 12.9. The molecule has 1 aromatic carbocycles. The summed E-state index contributed by atoms with van der Waals surface area (Å²) in [7, 11) is 0. The Morgan fingerprint density at radius 1 is 1.37 bits per heavy atom. The van der Waals surface area contributed by atoms with Crippen molar-refractivity contribution in [2.24, 2.45) is 0 Å². The van der Waals surface area contributed by atoms with E-state index >= 15 is 0 Å². The molecule has 104 valence electrons. The van der Waals surface area contributed by atoms with E-state index in [-0.39, 0.29) is 5.56 Å². The van der Waals surface area contributed by atoms with Crippen molar-refractivity contribution in [1.29, 1.82) is 0 Å². The van der Waals surface area contributed by atoms with Crippen LogP contribution in [0.4, 0.5) is 10.1 Å². The third kappa shape index (κ3) is 3.06. The SMILES string of the molecule is CCN(c1ccc(C(=O)O)cc1F)C1CCCCC1. The molecule has 19 heavy (non-hydrogen) atoms. The highest BCUT2D eigenvalue weighted by atomic mass is 19.1. The molecule has 0 atom stereocenters. The van der Waals surface area contributed by atoms with Gasteiger partial charge in [-0.1, -0.05) is 19.3 Å². The third-order valence-electron chi connectivity index (χ3n) is 3.86. The number of aromatic carboxylic acids is 1. The molecule has 1 aromatic rings. The smallest absolute Gasteiger partial charge is 0.335 e. The van der Waals surface area contributed by atoms with Gasteiger partial charge in [-0.2, -0.15) is 0 Å². The van der Waals surface area contributed by atoms with Crippen LogP contribution in [0.1, 0.15) is 49.4 Å². The Hall–Kier alpha value is -1.58. The molecule has 1 aliphatic carbocycles. The Morgan fingerprint density at radius 2 is 2.05 bits per heavy atom. The average molecular weight is 265 g/mol. The summed E-state index contributed by atoms with van der Waals surface area (Å²) < 4.78 is 14.1. The van der Waals surface area contributed by atoms with E-state index in [1.165, 1.54) is 25.3 Å². The second-order valence-electron chi connectivity index (χ2n) is 5.05. The van der Waals surface area contributed by atoms with Gasteiger partial charge in [0.05, 0.1) is 11.3 Å². The molecule has 0 amide bonds. The Labute approximate surface area is 113 Å². The normalized spacial score (nSPS) is 16.3. The van der Waals surface area contributed by atoms with Crippen molar-refractivity contribution < 1.29 is 14.3 Å². The lowest BCUT2D eigenvalue weighted by Gasteiger charge is -2.35. The van der Waals surface area contributed by atoms with Gasteiger partial charge in [0.2, 0.25) is 0 Å². The standard InChI is InChI=1S/C15H20FNO2/c1-2-17(12-6-4-3-5-7-12)14-9-8-11(15(18)19)10-13(14)16/h8-10,12H,2-7H2,1H3,(H,18,19). The monoisotopic (exact) mass is 265 g/mol. The summed E-state index contributed by atoms with van der Waals surface area (Å²) in [6.45, 7) is 2.76. The minimum atomic E-state index is -1.09. The zero-order chi connectivity index (χ0) is 13.8. The number of carbonyl (C=O) groups is 1. The molecule has 4 heteroatoms. The summed E-state index contributed by atoms with van der Waals surface area (Å²) in [5.74, 6) is -1.53. The van der Waals surface area contributed by atoms with Gasteiger partial charge in [0.25, 0.3) is 0 Å². The number of carboxylic acids is 1. The molecular weight excluding hydrogens is 245 g/mol. The van der Waals surface area contributed by atoms with Crippen LogP contribution >= 0.6 is 0 Å². The number of hydrogen-bond donors (Lipinski definition) is 1. The molecule has 0 bridgehead atoms. The Kier molecular flexibility index (Phi) is 4.40. The van der Waals surface area contributed by atoms with Crippen molar-refractivity contribution in [1.82, 2.24) is 0 Å². The van der Waals surface area contributed by atoms with Gasteiger partial charge < -0.3 is 10.0 Å². The molecule has 1 N–H and O–H groups in total. The molecule has 0 unspecified atom stereocenters. The lowest BCUT2D eigenvalue weighted by molar-refractivity contribution is 0.0696. The third-order valence-corrected chi connectivity index (χ3v) is 3.86. The van der Waals surface area contributed by atoms with Crippen molar-refractivity contribution in [2.75, 3.05) is 11.4 Å². The maximum Gasteiger partial charge on any atom is 0.335 e. The van der Waals surface area contributed by atoms with E-state index in [0.29, 0.717) is 11.7 Å². The maximum absolute atomic E-state index is 14.1. The number of hydrogen-bond acceptors (Lipinski definition) is 2. The predicted octanol–water partition coefficient (Wildman–Crippen LogP) is 3.68. The quantitative estimate of drug-likeness (QED) is 0.902. The predicted molar refractivity (Wildman–Crippen MR) is 73.3 cm³/mol. The fourth-order valence-corrected chi connectivity index (χ4v) is 2.89. The Bertz CT molecular complexity index is 455. The van der Waals surface area contributed by atoms with Crippen LogP contribution in [-0.4, -0.2) is 23.7 Å². The molecule has 0 heterocycles. The molecule has 1 saturated carbocycles. The minimum absolute atomic E-state index is 0.000877. The Morgan fingerprint density at radius 3 is 2.58 bits per heavy atom. The van der Waals surface area contributed by atoms with Gasteiger partial charge in [-0.05, 0) is 38.0 Å². The van der Waals surface area contributed by atoms with Crippen molar-refractivity contribution in [2.45, 2.75) is 45.1 Å². The molecule has 0 aromatic heterocycles. The van der Waals surface area contributed by atoms with E-state index in [1.807, 2.05) is 6.92 Å². The van der Waals surface area contributed by atoms with Gasteiger partial charge in [-0.3, -0.25) is 0 Å². The van der Waals surface area contributed by atoms with Crippen LogP contribution in [0, 0.1) is 5.82 Å². The lowest BCUT2D eigenvalue weighted by atomic mass is 9.93. The van der Waals surface area contributed by atoms with E-state index in [0.717, 1.165) is 25.5 Å². The van der Waals surface area contributed by atoms with Gasteiger partial charge in [-0.15, -0.1) is 0 Å². The summed E-state index contributed by atoms with van der Waals surface area (Å²) in [5, 5.41) is 8.86. The van der Waals surface area contributed by atoms with Gasteiger partial charge in [0, 0.05) is 12.6 Å². The molecule has 1 fully saturated rings. The second kappa shape index (κ2) is 6.04. The number of benzene rings is 1. The van der Waals surface area contributed by atoms with E-state index in [9.17, 15) is 9.18 Å². The lowest BCUT2D eigenvalue weighted by Crippen LogP contribution is -2.37. The summed E-state index contributed by atoms with van der Waals surface area (Å²) in [5.41, 5.74) is 0.528. The maximum atomic E-state index is 14.1. The van der Waals surface area contributed by atoms with Gasteiger partial charge in [-0.25, -0.2) is 9.18 Å². The topological polar surface area (TPSA) is 40.5 Å². The number of halogens is 1. The van der Waals surface area contributed by atoms with Crippen LogP contribution in [0.5, 0.6) is 0 Å². The number of anilines is 1. The number of nitrogens with zero attached hydrogens (tertiary/aromatic N) is 1. The highest BCUT2D eigenvalue weighted by Gasteiger charge is 2.22. The first-order valence-corrected chi connectivity index (χ1v) is 6.93. The van der Waals surface area contributed by atoms with Gasteiger partial charge in [0.1, 0.15) is 5.82 Å². The highest BCUT2D eigenvalue weighted by Crippen LogP contribution is 2.29. The second-order valence-corrected chi connectivity index (χ2v) is 5.05. The van der Waals surface area contributed by atoms with Gasteiger partial charge >= 0.3 is 5.97 Å². The molecule has 0 spiro atoms. The summed E-state index contributed by atoms with van der Waals surface area (Å²) in [6, 6.07) is 4.57. The van der Waals surface area contributed by atoms with E-state index in [1.54, 1.807) is 6.07 Å². The van der Waals surface area contributed by atoms with Crippen molar-refractivity contribution >= 4 is 11.7 Å². The number of rotatable bonds is 4. The fourth-order valence-electron chi connectivity index (χ4n) is 2.89. The van der Waals surface area contributed by atoms with E-state index in [2.05, 4.69) is 4.90 Å². The molecular formula is C15H20FNO2. The minimum Gasteiger partial charge on any atom is -0.478 e. The molecule has 0 aliphatic heterocycles. The van der Waals surface area contributed by atoms with Crippen LogP contribution in [0.2, 0.25) is 0 Å². The first-order valence-electron chi connectivity index (χ1n) is 6.93.